The molecule has 9 nitrogen and oxygen atoms in total. The van der Waals surface area contributed by atoms with E-state index in [1.807, 2.05) is 0 Å². The molecule has 1 saturated heterocycles. The van der Waals surface area contributed by atoms with Crippen molar-refractivity contribution in [3.63, 3.8) is 0 Å². The molecule has 1 aliphatic rings. The van der Waals surface area contributed by atoms with E-state index in [0.717, 1.165) is 12.1 Å². The lowest BCUT2D eigenvalue weighted by Gasteiger charge is -2.32. The summed E-state index contributed by atoms with van der Waals surface area (Å²) in [6.45, 7) is 4.09. The Bertz CT molecular complexity index is 992. The van der Waals surface area contributed by atoms with Crippen LogP contribution in [-0.2, 0) is 19.4 Å². The summed E-state index contributed by atoms with van der Waals surface area (Å²) in [6, 6.07) is 4.27. The Morgan fingerprint density at radius 1 is 1.20 bits per heavy atom. The molecular formula is C22H32F3N3O6S. The summed E-state index contributed by atoms with van der Waals surface area (Å²) in [5, 5.41) is 25.1. The number of nitrogens with zero attached hydrogens (tertiary/aromatic N) is 1. The smallest absolute Gasteiger partial charge is 0.396 e. The summed E-state index contributed by atoms with van der Waals surface area (Å²) >= 11 is 0. The van der Waals surface area contributed by atoms with Crippen LogP contribution in [0.2, 0.25) is 0 Å². The molecule has 0 spiro atoms. The van der Waals surface area contributed by atoms with Crippen LogP contribution in [0.15, 0.2) is 29.2 Å². The van der Waals surface area contributed by atoms with E-state index < -0.39 is 43.5 Å². The Balaban J connectivity index is 1.81. The minimum atomic E-state index is -5.45. The Morgan fingerprint density at radius 2 is 1.83 bits per heavy atom. The van der Waals surface area contributed by atoms with Gasteiger partial charge in [-0.05, 0) is 31.0 Å². The molecule has 13 heteroatoms. The monoisotopic (exact) mass is 523 g/mol. The molecule has 0 radical (unpaired) electrons. The first-order valence-corrected chi connectivity index (χ1v) is 12.7. The molecule has 1 fully saturated rings. The first kappa shape index (κ1) is 29.0. The SMILES string of the molecule is CC(C)(CO)C(O)CNCCC(=O)C(=O)N1CCC(Nc2cccc(S(=O)(=O)C(F)(F)F)c2)CC1. The van der Waals surface area contributed by atoms with E-state index in [4.69, 9.17) is 0 Å². The summed E-state index contributed by atoms with van der Waals surface area (Å²) < 4.78 is 61.6. The number of halogens is 3. The number of aliphatic hydroxyl groups excluding tert-OH is 2. The van der Waals surface area contributed by atoms with Crippen molar-refractivity contribution in [1.82, 2.24) is 10.2 Å². The largest absolute Gasteiger partial charge is 0.501 e. The van der Waals surface area contributed by atoms with Gasteiger partial charge in [0.2, 0.25) is 5.78 Å². The van der Waals surface area contributed by atoms with Crippen LogP contribution in [0, 0.1) is 5.41 Å². The van der Waals surface area contributed by atoms with E-state index in [-0.39, 0.29) is 50.9 Å². The summed E-state index contributed by atoms with van der Waals surface area (Å²) in [7, 11) is -5.45. The third-order valence-electron chi connectivity index (χ3n) is 6.02. The molecule has 0 aliphatic carbocycles. The lowest BCUT2D eigenvalue weighted by atomic mass is 9.87. The normalized spacial score (nSPS) is 16.7. The molecule has 2 rings (SSSR count). The number of carbonyl (C=O) groups is 2. The van der Waals surface area contributed by atoms with Crippen LogP contribution in [0.25, 0.3) is 0 Å². The van der Waals surface area contributed by atoms with Gasteiger partial charge in [0.1, 0.15) is 0 Å². The van der Waals surface area contributed by atoms with Crippen LogP contribution in [0.4, 0.5) is 18.9 Å². The molecule has 0 bridgehead atoms. The lowest BCUT2D eigenvalue weighted by molar-refractivity contribution is -0.145. The van der Waals surface area contributed by atoms with E-state index in [2.05, 4.69) is 10.6 Å². The number of likely N-dealkylation sites (tertiary alicyclic amines) is 1. The van der Waals surface area contributed by atoms with Gasteiger partial charge in [-0.1, -0.05) is 19.9 Å². The number of alkyl halides is 3. The average Bonchev–Trinajstić information content (AvgIpc) is 2.81. The fourth-order valence-corrected chi connectivity index (χ4v) is 4.26. The number of nitrogens with one attached hydrogen (secondary N) is 2. The van der Waals surface area contributed by atoms with Crippen LogP contribution < -0.4 is 10.6 Å². The first-order valence-electron chi connectivity index (χ1n) is 11.2. The van der Waals surface area contributed by atoms with Crippen LogP contribution in [-0.4, -0.2) is 85.7 Å². The second-order valence-corrected chi connectivity index (χ2v) is 11.2. The van der Waals surface area contributed by atoms with Gasteiger partial charge in [0.15, 0.2) is 0 Å². The predicted octanol–water partition coefficient (Wildman–Crippen LogP) is 1.31. The van der Waals surface area contributed by atoms with Crippen LogP contribution in [0.3, 0.4) is 0 Å². The van der Waals surface area contributed by atoms with Gasteiger partial charge < -0.3 is 25.7 Å². The van der Waals surface area contributed by atoms with Crippen molar-refractivity contribution in [3.8, 4) is 0 Å². The van der Waals surface area contributed by atoms with Crippen molar-refractivity contribution < 1.29 is 41.4 Å². The van der Waals surface area contributed by atoms with Gasteiger partial charge in [-0.3, -0.25) is 9.59 Å². The topological polar surface area (TPSA) is 136 Å². The second kappa shape index (κ2) is 11.7. The summed E-state index contributed by atoms with van der Waals surface area (Å²) in [5.74, 6) is -1.20. The zero-order chi connectivity index (χ0) is 26.4. The molecule has 1 amide bonds. The van der Waals surface area contributed by atoms with Crippen molar-refractivity contribution in [2.24, 2.45) is 5.41 Å². The average molecular weight is 524 g/mol. The van der Waals surface area contributed by atoms with Gasteiger partial charge in [-0.25, -0.2) is 8.42 Å². The maximum absolute atomic E-state index is 12.8. The maximum atomic E-state index is 12.8. The number of sulfone groups is 1. The van der Waals surface area contributed by atoms with E-state index in [0.29, 0.717) is 12.8 Å². The number of rotatable bonds is 11. The maximum Gasteiger partial charge on any atom is 0.501 e. The van der Waals surface area contributed by atoms with Gasteiger partial charge in [0, 0.05) is 49.7 Å². The number of benzene rings is 1. The van der Waals surface area contributed by atoms with E-state index in [9.17, 15) is 41.4 Å². The van der Waals surface area contributed by atoms with Crippen molar-refractivity contribution >= 4 is 27.2 Å². The highest BCUT2D eigenvalue weighted by molar-refractivity contribution is 7.92. The highest BCUT2D eigenvalue weighted by Gasteiger charge is 2.47. The predicted molar refractivity (Wildman–Crippen MR) is 122 cm³/mol. The molecule has 1 aromatic carbocycles. The number of amides is 1. The van der Waals surface area contributed by atoms with Gasteiger partial charge in [0.25, 0.3) is 15.7 Å². The fourth-order valence-electron chi connectivity index (χ4n) is 3.45. The zero-order valence-electron chi connectivity index (χ0n) is 19.6. The van der Waals surface area contributed by atoms with E-state index >= 15 is 0 Å². The fraction of sp³-hybridized carbons (Fsp3) is 0.636. The summed E-state index contributed by atoms with van der Waals surface area (Å²) in [6.07, 6.45) is -0.0190. The molecule has 35 heavy (non-hydrogen) atoms. The van der Waals surface area contributed by atoms with Crippen molar-refractivity contribution in [2.45, 2.75) is 55.7 Å². The summed E-state index contributed by atoms with van der Waals surface area (Å²) in [4.78, 5) is 25.2. The highest BCUT2D eigenvalue weighted by Crippen LogP contribution is 2.31. The molecular weight excluding hydrogens is 491 g/mol. The van der Waals surface area contributed by atoms with E-state index in [1.54, 1.807) is 13.8 Å². The Morgan fingerprint density at radius 3 is 2.40 bits per heavy atom. The quantitative estimate of drug-likeness (QED) is 0.252. The molecule has 1 aliphatic heterocycles. The number of aliphatic hydroxyl groups is 2. The molecule has 198 valence electrons. The van der Waals surface area contributed by atoms with Gasteiger partial charge in [-0.15, -0.1) is 0 Å². The lowest BCUT2D eigenvalue weighted by Crippen LogP contribution is -2.46. The van der Waals surface area contributed by atoms with Gasteiger partial charge in [-0.2, -0.15) is 13.2 Å². The second-order valence-electron chi connectivity index (χ2n) is 9.23. The van der Waals surface area contributed by atoms with Gasteiger partial charge in [0.05, 0.1) is 17.6 Å². The Kier molecular flexibility index (Phi) is 9.68. The first-order chi connectivity index (χ1) is 16.2. The van der Waals surface area contributed by atoms with Crippen molar-refractivity contribution in [3.05, 3.63) is 24.3 Å². The third kappa shape index (κ3) is 7.63. The number of piperidine rings is 1. The highest BCUT2D eigenvalue weighted by atomic mass is 32.2. The van der Waals surface area contributed by atoms with Crippen LogP contribution >= 0.6 is 0 Å². The number of anilines is 1. The number of Topliss-reactive ketones (excluding diaryl/α,β-unsaturated/α-hetero) is 1. The number of carbonyl (C=O) groups excluding carboxylic acids is 2. The summed E-state index contributed by atoms with van der Waals surface area (Å²) in [5.41, 5.74) is -5.87. The number of hydrogen-bond donors (Lipinski definition) is 4. The molecule has 1 heterocycles. The van der Waals surface area contributed by atoms with Crippen molar-refractivity contribution in [1.29, 1.82) is 0 Å². The molecule has 1 aromatic rings. The minimum absolute atomic E-state index is 0.0518. The third-order valence-corrected chi connectivity index (χ3v) is 7.50. The number of hydrogen-bond acceptors (Lipinski definition) is 8. The molecule has 0 aromatic heterocycles. The molecule has 1 unspecified atom stereocenters. The van der Waals surface area contributed by atoms with Gasteiger partial charge >= 0.3 is 5.51 Å². The minimum Gasteiger partial charge on any atom is -0.396 e. The molecule has 0 saturated carbocycles. The van der Waals surface area contributed by atoms with Crippen molar-refractivity contribution in [2.75, 3.05) is 38.1 Å². The molecule has 1 atom stereocenters. The van der Waals surface area contributed by atoms with E-state index in [1.165, 1.54) is 17.0 Å². The standard InChI is InChI=1S/C22H32F3N3O6S/c1-21(2,14-29)19(31)13-26-9-6-18(30)20(32)28-10-7-15(8-11-28)27-16-4-3-5-17(12-16)35(33,34)22(23,24)25/h3-5,12,15,19,26-27,29,31H,6-11,13-14H2,1-2H3. The Labute approximate surface area is 202 Å². The zero-order valence-corrected chi connectivity index (χ0v) is 20.5. The molecule has 4 N–H and O–H groups in total. The van der Waals surface area contributed by atoms with Crippen LogP contribution in [0.5, 0.6) is 0 Å². The van der Waals surface area contributed by atoms with Crippen LogP contribution in [0.1, 0.15) is 33.1 Å². The Hall–Kier alpha value is -2.22. The number of ketones is 1.